The summed E-state index contributed by atoms with van der Waals surface area (Å²) in [5, 5.41) is 0. The van der Waals surface area contributed by atoms with Gasteiger partial charge >= 0.3 is 6.18 Å². The third-order valence-electron chi connectivity index (χ3n) is 2.68. The van der Waals surface area contributed by atoms with Crippen molar-refractivity contribution in [3.05, 3.63) is 48.1 Å². The van der Waals surface area contributed by atoms with Gasteiger partial charge in [0.25, 0.3) is 0 Å². The van der Waals surface area contributed by atoms with Gasteiger partial charge in [0.1, 0.15) is 11.9 Å². The lowest BCUT2D eigenvalue weighted by Crippen LogP contribution is -2.42. The number of hydrogen-bond acceptors (Lipinski definition) is 2. The molecule has 1 unspecified atom stereocenters. The molecule has 0 saturated carbocycles. The summed E-state index contributed by atoms with van der Waals surface area (Å²) >= 11 is 0. The normalized spacial score (nSPS) is 19.9. The first kappa shape index (κ1) is 12.6. The van der Waals surface area contributed by atoms with Gasteiger partial charge in [-0.2, -0.15) is 13.2 Å². The molecule has 2 heterocycles. The second-order valence-electron chi connectivity index (χ2n) is 3.93. The molecule has 0 aromatic carbocycles. The van der Waals surface area contributed by atoms with Crippen LogP contribution in [-0.4, -0.2) is 29.1 Å². The molecule has 0 N–H and O–H groups in total. The van der Waals surface area contributed by atoms with Gasteiger partial charge in [0, 0.05) is 24.5 Å². The summed E-state index contributed by atoms with van der Waals surface area (Å²) in [7, 11) is 1.32. The molecule has 2 nitrogen and oxygen atoms in total. The standard InChI is InChI=1S/C12H10F4N2/c1-18-10(8-5-9(13)7-17-6-8)3-2-4-11(18)12(14,15)16/h2-7,11H,1H3. The lowest BCUT2D eigenvalue weighted by Gasteiger charge is -2.33. The molecule has 0 bridgehead atoms. The quantitative estimate of drug-likeness (QED) is 0.720. The van der Waals surface area contributed by atoms with E-state index in [1.165, 1.54) is 25.4 Å². The van der Waals surface area contributed by atoms with Crippen LogP contribution in [0.1, 0.15) is 5.56 Å². The van der Waals surface area contributed by atoms with E-state index < -0.39 is 18.0 Å². The highest BCUT2D eigenvalue weighted by molar-refractivity contribution is 5.66. The maximum Gasteiger partial charge on any atom is 0.412 e. The highest BCUT2D eigenvalue weighted by Gasteiger charge is 2.42. The van der Waals surface area contributed by atoms with Crippen LogP contribution in [0, 0.1) is 5.82 Å². The molecular formula is C12H10F4N2. The molecule has 6 heteroatoms. The summed E-state index contributed by atoms with van der Waals surface area (Å²) in [6, 6.07) is -0.553. The van der Waals surface area contributed by atoms with E-state index in [1.807, 2.05) is 0 Å². The van der Waals surface area contributed by atoms with E-state index in [0.29, 0.717) is 5.56 Å². The first-order chi connectivity index (χ1) is 8.39. The van der Waals surface area contributed by atoms with Crippen LogP contribution in [0.4, 0.5) is 17.6 Å². The van der Waals surface area contributed by atoms with Gasteiger partial charge in [-0.05, 0) is 12.1 Å². The molecular weight excluding hydrogens is 248 g/mol. The van der Waals surface area contributed by atoms with Gasteiger partial charge in [-0.25, -0.2) is 4.39 Å². The van der Waals surface area contributed by atoms with Gasteiger partial charge in [0.05, 0.1) is 6.20 Å². The van der Waals surface area contributed by atoms with E-state index in [1.54, 1.807) is 0 Å². The summed E-state index contributed by atoms with van der Waals surface area (Å²) in [6.45, 7) is 0. The van der Waals surface area contributed by atoms with Crippen LogP contribution in [0.25, 0.3) is 5.70 Å². The highest BCUT2D eigenvalue weighted by Crippen LogP contribution is 2.32. The number of halogens is 4. The smallest absolute Gasteiger partial charge is 0.359 e. The number of alkyl halides is 3. The Bertz CT molecular complexity index is 505. The van der Waals surface area contributed by atoms with Crippen molar-refractivity contribution < 1.29 is 17.6 Å². The van der Waals surface area contributed by atoms with E-state index in [-0.39, 0.29) is 5.70 Å². The van der Waals surface area contributed by atoms with Crippen LogP contribution in [0.3, 0.4) is 0 Å². The predicted molar refractivity (Wildman–Crippen MR) is 58.9 cm³/mol. The number of nitrogens with zero attached hydrogens (tertiary/aromatic N) is 2. The fourth-order valence-corrected chi connectivity index (χ4v) is 1.83. The first-order valence-electron chi connectivity index (χ1n) is 5.18. The Kier molecular flexibility index (Phi) is 3.11. The molecule has 0 saturated heterocycles. The number of pyridine rings is 1. The van der Waals surface area contributed by atoms with Crippen molar-refractivity contribution in [3.63, 3.8) is 0 Å². The van der Waals surface area contributed by atoms with E-state index in [9.17, 15) is 17.6 Å². The molecule has 1 aromatic rings. The van der Waals surface area contributed by atoms with Crippen molar-refractivity contribution in [1.29, 1.82) is 0 Å². The fourth-order valence-electron chi connectivity index (χ4n) is 1.83. The van der Waals surface area contributed by atoms with Gasteiger partial charge in [-0.15, -0.1) is 0 Å². The summed E-state index contributed by atoms with van der Waals surface area (Å²) in [5.74, 6) is -0.583. The van der Waals surface area contributed by atoms with Crippen molar-refractivity contribution in [2.45, 2.75) is 12.2 Å². The molecule has 0 aliphatic carbocycles. The monoisotopic (exact) mass is 258 g/mol. The molecule has 0 radical (unpaired) electrons. The molecule has 18 heavy (non-hydrogen) atoms. The molecule has 1 atom stereocenters. The largest absolute Gasteiger partial charge is 0.412 e. The van der Waals surface area contributed by atoms with Crippen LogP contribution in [0.15, 0.2) is 36.7 Å². The van der Waals surface area contributed by atoms with Crippen LogP contribution < -0.4 is 0 Å². The molecule has 2 rings (SSSR count). The third kappa shape index (κ3) is 2.37. The maximum atomic E-state index is 13.0. The molecule has 0 fully saturated rings. The highest BCUT2D eigenvalue weighted by atomic mass is 19.4. The molecule has 1 aliphatic heterocycles. The lowest BCUT2D eigenvalue weighted by atomic mass is 10.1. The van der Waals surface area contributed by atoms with Crippen LogP contribution >= 0.6 is 0 Å². The number of allylic oxidation sites excluding steroid dienone is 2. The predicted octanol–water partition coefficient (Wildman–Crippen LogP) is 2.99. The van der Waals surface area contributed by atoms with Gasteiger partial charge in [-0.1, -0.05) is 12.2 Å². The molecule has 1 aliphatic rings. The zero-order valence-electron chi connectivity index (χ0n) is 9.45. The third-order valence-corrected chi connectivity index (χ3v) is 2.68. The van der Waals surface area contributed by atoms with Crippen molar-refractivity contribution in [1.82, 2.24) is 9.88 Å². The van der Waals surface area contributed by atoms with Crippen LogP contribution in [0.5, 0.6) is 0 Å². The van der Waals surface area contributed by atoms with Gasteiger partial charge < -0.3 is 4.90 Å². The van der Waals surface area contributed by atoms with Gasteiger partial charge in [-0.3, -0.25) is 4.98 Å². The minimum Gasteiger partial charge on any atom is -0.359 e. The number of rotatable bonds is 1. The zero-order chi connectivity index (χ0) is 13.3. The Labute approximate surface area is 101 Å². The second kappa shape index (κ2) is 4.44. The number of hydrogen-bond donors (Lipinski definition) is 0. The van der Waals surface area contributed by atoms with Crippen LogP contribution in [-0.2, 0) is 0 Å². The summed E-state index contributed by atoms with van der Waals surface area (Å²) < 4.78 is 51.3. The van der Waals surface area contributed by atoms with Crippen molar-refractivity contribution >= 4 is 5.70 Å². The second-order valence-corrected chi connectivity index (χ2v) is 3.93. The van der Waals surface area contributed by atoms with E-state index in [4.69, 9.17) is 0 Å². The van der Waals surface area contributed by atoms with E-state index >= 15 is 0 Å². The van der Waals surface area contributed by atoms with Crippen molar-refractivity contribution in [2.24, 2.45) is 0 Å². The fraction of sp³-hybridized carbons (Fsp3) is 0.250. The minimum absolute atomic E-state index is 0.284. The minimum atomic E-state index is -4.37. The summed E-state index contributed by atoms with van der Waals surface area (Å²) in [5.41, 5.74) is 0.600. The number of aromatic nitrogens is 1. The van der Waals surface area contributed by atoms with E-state index in [2.05, 4.69) is 4.98 Å². The summed E-state index contributed by atoms with van der Waals surface area (Å²) in [6.07, 6.45) is 1.83. The SMILES string of the molecule is CN1C(c2cncc(F)c2)=CC=CC1C(F)(F)F. The summed E-state index contributed by atoms with van der Waals surface area (Å²) in [4.78, 5) is 4.69. The lowest BCUT2D eigenvalue weighted by molar-refractivity contribution is -0.159. The Morgan fingerprint density at radius 2 is 2.00 bits per heavy atom. The average molecular weight is 258 g/mol. The topological polar surface area (TPSA) is 16.1 Å². The van der Waals surface area contributed by atoms with E-state index in [0.717, 1.165) is 23.2 Å². The van der Waals surface area contributed by atoms with Crippen LogP contribution in [0.2, 0.25) is 0 Å². The van der Waals surface area contributed by atoms with Crippen molar-refractivity contribution in [3.8, 4) is 0 Å². The van der Waals surface area contributed by atoms with Crippen molar-refractivity contribution in [2.75, 3.05) is 7.05 Å². The Morgan fingerprint density at radius 3 is 2.61 bits per heavy atom. The Hall–Kier alpha value is -1.85. The molecule has 96 valence electrons. The average Bonchev–Trinajstić information content (AvgIpc) is 2.27. The molecule has 0 spiro atoms. The first-order valence-corrected chi connectivity index (χ1v) is 5.18. The molecule has 0 amide bonds. The Balaban J connectivity index is 2.35. The Morgan fingerprint density at radius 1 is 1.28 bits per heavy atom. The molecule has 1 aromatic heterocycles. The van der Waals surface area contributed by atoms with Gasteiger partial charge in [0.2, 0.25) is 0 Å². The zero-order valence-corrected chi connectivity index (χ0v) is 9.45. The van der Waals surface area contributed by atoms with Gasteiger partial charge in [0.15, 0.2) is 0 Å². The number of likely N-dealkylation sites (N-methyl/N-ethyl adjacent to an activating group) is 1. The maximum absolute atomic E-state index is 13.0.